The summed E-state index contributed by atoms with van der Waals surface area (Å²) in [5.74, 6) is 0.701. The summed E-state index contributed by atoms with van der Waals surface area (Å²) in [6.45, 7) is 2.14. The SMILES string of the molecule is C1=CC2(c3ccc(-c4cc(-c5ccc(-c6cccnc6)cc5)cc(-c5nc(-c6ccccc6)c6ccc(-c7ccccc7)cc6n5)c4)cc3)CN2C1. The molecule has 0 amide bonds. The number of hydrogen-bond acceptors (Lipinski definition) is 4. The first-order valence-electron chi connectivity index (χ1n) is 17.8. The molecule has 0 saturated carbocycles. The number of benzene rings is 6. The molecule has 246 valence electrons. The minimum atomic E-state index is 0.0902. The lowest BCUT2D eigenvalue weighted by molar-refractivity contribution is 0.540. The van der Waals surface area contributed by atoms with Crippen molar-refractivity contribution < 1.29 is 0 Å². The van der Waals surface area contributed by atoms with E-state index in [1.807, 2.05) is 24.5 Å². The third-order valence-corrected chi connectivity index (χ3v) is 10.6. The quantitative estimate of drug-likeness (QED) is 0.125. The Bertz CT molecular complexity index is 2600. The van der Waals surface area contributed by atoms with Crippen LogP contribution in [0.15, 0.2) is 182 Å². The maximum absolute atomic E-state index is 5.32. The number of aromatic nitrogens is 3. The van der Waals surface area contributed by atoms with E-state index in [1.54, 1.807) is 0 Å². The minimum absolute atomic E-state index is 0.0902. The van der Waals surface area contributed by atoms with E-state index in [4.69, 9.17) is 9.97 Å². The zero-order valence-corrected chi connectivity index (χ0v) is 28.5. The van der Waals surface area contributed by atoms with E-state index in [1.165, 1.54) is 11.1 Å². The van der Waals surface area contributed by atoms with Crippen LogP contribution in [-0.4, -0.2) is 32.9 Å². The number of rotatable bonds is 7. The fourth-order valence-electron chi connectivity index (χ4n) is 7.70. The van der Waals surface area contributed by atoms with Crippen LogP contribution in [-0.2, 0) is 5.54 Å². The summed E-state index contributed by atoms with van der Waals surface area (Å²) in [5, 5.41) is 1.03. The molecule has 4 heteroatoms. The second-order valence-corrected chi connectivity index (χ2v) is 13.8. The first kappa shape index (κ1) is 30.3. The Kier molecular flexibility index (Phi) is 7.22. The highest BCUT2D eigenvalue weighted by Crippen LogP contribution is 2.47. The van der Waals surface area contributed by atoms with Gasteiger partial charge in [-0.1, -0.05) is 133 Å². The molecule has 4 nitrogen and oxygen atoms in total. The highest BCUT2D eigenvalue weighted by molar-refractivity contribution is 5.96. The zero-order chi connectivity index (χ0) is 34.5. The maximum Gasteiger partial charge on any atom is 0.160 e. The number of pyridine rings is 1. The van der Waals surface area contributed by atoms with Gasteiger partial charge in [0.2, 0.25) is 0 Å². The van der Waals surface area contributed by atoms with Gasteiger partial charge in [0.05, 0.1) is 16.7 Å². The van der Waals surface area contributed by atoms with E-state index in [2.05, 4.69) is 168 Å². The van der Waals surface area contributed by atoms with Gasteiger partial charge in [-0.3, -0.25) is 9.88 Å². The van der Waals surface area contributed by atoms with Crippen LogP contribution in [0.4, 0.5) is 0 Å². The monoisotopic (exact) mass is 666 g/mol. The van der Waals surface area contributed by atoms with E-state index >= 15 is 0 Å². The lowest BCUT2D eigenvalue weighted by Crippen LogP contribution is -2.08. The van der Waals surface area contributed by atoms with Gasteiger partial charge in [0.15, 0.2) is 5.82 Å². The number of fused-ring (bicyclic) bond motifs is 2. The lowest BCUT2D eigenvalue weighted by atomic mass is 9.92. The fraction of sp³-hybridized carbons (Fsp3) is 0.0625. The van der Waals surface area contributed by atoms with E-state index in [-0.39, 0.29) is 5.54 Å². The Morgan fingerprint density at radius 3 is 1.71 bits per heavy atom. The normalized spacial score (nSPS) is 17.3. The Labute approximate surface area is 303 Å². The van der Waals surface area contributed by atoms with Crippen molar-refractivity contribution in [2.24, 2.45) is 0 Å². The Morgan fingerprint density at radius 1 is 0.481 bits per heavy atom. The summed E-state index contributed by atoms with van der Waals surface area (Å²) in [7, 11) is 0. The van der Waals surface area contributed by atoms with E-state index < -0.39 is 0 Å². The van der Waals surface area contributed by atoms with Gasteiger partial charge in [0, 0.05) is 42.0 Å². The molecule has 2 aliphatic heterocycles. The summed E-state index contributed by atoms with van der Waals surface area (Å²) in [6, 6.07) is 56.2. The molecular formula is C48H34N4. The second-order valence-electron chi connectivity index (χ2n) is 13.8. The van der Waals surface area contributed by atoms with Gasteiger partial charge in [-0.15, -0.1) is 0 Å². The third-order valence-electron chi connectivity index (χ3n) is 10.6. The van der Waals surface area contributed by atoms with Crippen LogP contribution in [0.5, 0.6) is 0 Å². The van der Waals surface area contributed by atoms with E-state index in [0.717, 1.165) is 79.8 Å². The summed E-state index contributed by atoms with van der Waals surface area (Å²) >= 11 is 0. The molecular weight excluding hydrogens is 633 g/mol. The van der Waals surface area contributed by atoms with Gasteiger partial charge in [0.1, 0.15) is 0 Å². The van der Waals surface area contributed by atoms with Crippen molar-refractivity contribution in [3.63, 3.8) is 0 Å². The van der Waals surface area contributed by atoms with Crippen LogP contribution in [0.2, 0.25) is 0 Å². The van der Waals surface area contributed by atoms with Crippen LogP contribution in [0.25, 0.3) is 78.1 Å². The van der Waals surface area contributed by atoms with Crippen molar-refractivity contribution >= 4 is 10.9 Å². The molecule has 2 aliphatic rings. The summed E-state index contributed by atoms with van der Waals surface area (Å²) in [6.07, 6.45) is 8.36. The molecule has 4 heterocycles. The van der Waals surface area contributed by atoms with E-state index in [0.29, 0.717) is 5.82 Å². The maximum atomic E-state index is 5.32. The van der Waals surface area contributed by atoms with Crippen LogP contribution in [0.3, 0.4) is 0 Å². The second kappa shape index (κ2) is 12.4. The Hall–Kier alpha value is -6.49. The van der Waals surface area contributed by atoms with E-state index in [9.17, 15) is 0 Å². The number of nitrogens with zero attached hydrogens (tertiary/aromatic N) is 4. The average Bonchev–Trinajstić information content (AvgIpc) is 3.79. The molecule has 0 aliphatic carbocycles. The van der Waals surface area contributed by atoms with Crippen molar-refractivity contribution in [3.05, 3.63) is 188 Å². The van der Waals surface area contributed by atoms with Crippen LogP contribution in [0, 0.1) is 0 Å². The number of hydrogen-bond donors (Lipinski definition) is 0. The molecule has 2 atom stereocenters. The third kappa shape index (κ3) is 5.41. The predicted molar refractivity (Wildman–Crippen MR) is 212 cm³/mol. The summed E-state index contributed by atoms with van der Waals surface area (Å²) in [5.41, 5.74) is 14.4. The van der Waals surface area contributed by atoms with Gasteiger partial charge in [0.25, 0.3) is 0 Å². The molecule has 0 radical (unpaired) electrons. The molecule has 0 N–H and O–H groups in total. The van der Waals surface area contributed by atoms with Gasteiger partial charge in [-0.2, -0.15) is 0 Å². The highest BCUT2D eigenvalue weighted by atomic mass is 15.4. The largest absolute Gasteiger partial charge is 0.283 e. The first-order valence-corrected chi connectivity index (χ1v) is 17.8. The topological polar surface area (TPSA) is 41.7 Å². The van der Waals surface area contributed by atoms with Crippen LogP contribution < -0.4 is 0 Å². The molecule has 2 unspecified atom stereocenters. The minimum Gasteiger partial charge on any atom is -0.283 e. The lowest BCUT2D eigenvalue weighted by Gasteiger charge is -2.15. The molecule has 52 heavy (non-hydrogen) atoms. The van der Waals surface area contributed by atoms with Crippen LogP contribution >= 0.6 is 0 Å². The smallest absolute Gasteiger partial charge is 0.160 e. The summed E-state index contributed by atoms with van der Waals surface area (Å²) < 4.78 is 0. The van der Waals surface area contributed by atoms with Crippen molar-refractivity contribution in [1.82, 2.24) is 19.9 Å². The van der Waals surface area contributed by atoms with Gasteiger partial charge in [-0.25, -0.2) is 9.97 Å². The molecule has 0 spiro atoms. The summed E-state index contributed by atoms with van der Waals surface area (Å²) in [4.78, 5) is 17.4. The Morgan fingerprint density at radius 2 is 1.08 bits per heavy atom. The molecule has 8 aromatic rings. The van der Waals surface area contributed by atoms with Crippen molar-refractivity contribution in [2.75, 3.05) is 13.1 Å². The van der Waals surface area contributed by atoms with Gasteiger partial charge < -0.3 is 0 Å². The van der Waals surface area contributed by atoms with Crippen molar-refractivity contribution in [3.8, 4) is 67.2 Å². The molecule has 6 aromatic carbocycles. The fourth-order valence-corrected chi connectivity index (χ4v) is 7.70. The highest BCUT2D eigenvalue weighted by Gasteiger charge is 2.53. The molecule has 2 aromatic heterocycles. The zero-order valence-electron chi connectivity index (χ0n) is 28.5. The van der Waals surface area contributed by atoms with Gasteiger partial charge >= 0.3 is 0 Å². The van der Waals surface area contributed by atoms with Crippen LogP contribution in [0.1, 0.15) is 5.56 Å². The molecule has 1 fully saturated rings. The predicted octanol–water partition coefficient (Wildman–Crippen LogP) is 11.1. The molecule has 10 rings (SSSR count). The van der Waals surface area contributed by atoms with Crippen molar-refractivity contribution in [1.29, 1.82) is 0 Å². The first-order chi connectivity index (χ1) is 25.7. The van der Waals surface area contributed by atoms with Crippen molar-refractivity contribution in [2.45, 2.75) is 5.54 Å². The van der Waals surface area contributed by atoms with Gasteiger partial charge in [-0.05, 0) is 86.5 Å². The average molecular weight is 667 g/mol. The molecule has 0 bridgehead atoms. The molecule has 1 saturated heterocycles. The Balaban J connectivity index is 1.14. The standard InChI is InChI=1S/C48H34N4/c1-3-9-33(10-4-1)38-20-23-44-45(30-38)50-47(51-46(44)37-11-5-2-6-12-37)42-28-40(35-16-14-34(15-17-35)39-13-7-25-49-31-39)27-41(29-42)36-18-21-43(22-19-36)48-24-8-26-52(48)32-48/h1-25,27-31H,26,32H2.